The highest BCUT2D eigenvalue weighted by atomic mass is 79.9. The van der Waals surface area contributed by atoms with E-state index >= 15 is 0 Å². The van der Waals surface area contributed by atoms with Gasteiger partial charge < -0.3 is 5.32 Å². The van der Waals surface area contributed by atoms with E-state index in [-0.39, 0.29) is 5.91 Å². The predicted molar refractivity (Wildman–Crippen MR) is 76.3 cm³/mol. The molecule has 17 heavy (non-hydrogen) atoms. The first-order valence-corrected chi connectivity index (χ1v) is 7.54. The van der Waals surface area contributed by atoms with Crippen LogP contribution in [0.2, 0.25) is 0 Å². The van der Waals surface area contributed by atoms with Gasteiger partial charge in [0.1, 0.15) is 0 Å². The Balaban J connectivity index is 1.89. The van der Waals surface area contributed by atoms with E-state index in [9.17, 15) is 4.79 Å². The zero-order valence-corrected chi connectivity index (χ0v) is 12.6. The lowest BCUT2D eigenvalue weighted by Crippen LogP contribution is -2.38. The normalized spacial score (nSPS) is 23.6. The molecular formula is C13H15Br2NO. The van der Waals surface area contributed by atoms with Gasteiger partial charge in [-0.3, -0.25) is 4.79 Å². The van der Waals surface area contributed by atoms with Crippen molar-refractivity contribution in [2.45, 2.75) is 36.6 Å². The van der Waals surface area contributed by atoms with E-state index in [1.807, 2.05) is 24.3 Å². The number of hydrogen-bond acceptors (Lipinski definition) is 1. The summed E-state index contributed by atoms with van der Waals surface area (Å²) in [6, 6.07) is 8.18. The van der Waals surface area contributed by atoms with Gasteiger partial charge in [-0.2, -0.15) is 0 Å². The molecule has 0 saturated heterocycles. The summed E-state index contributed by atoms with van der Waals surface area (Å²) in [6.45, 7) is 0. The average Bonchev–Trinajstić information content (AvgIpc) is 2.64. The number of nitrogens with one attached hydrogen (secondary N) is 1. The zero-order chi connectivity index (χ0) is 12.3. The highest BCUT2D eigenvalue weighted by Crippen LogP contribution is 2.25. The Hall–Kier alpha value is -0.350. The summed E-state index contributed by atoms with van der Waals surface area (Å²) in [5, 5.41) is 3.10. The zero-order valence-electron chi connectivity index (χ0n) is 9.46. The highest BCUT2D eigenvalue weighted by molar-refractivity contribution is 9.10. The van der Waals surface area contributed by atoms with Crippen LogP contribution in [0.4, 0.5) is 0 Å². The highest BCUT2D eigenvalue weighted by Gasteiger charge is 2.25. The van der Waals surface area contributed by atoms with Gasteiger partial charge in [-0.15, -0.1) is 0 Å². The minimum atomic E-state index is 0.111. The molecule has 0 bridgehead atoms. The number of rotatable bonds is 3. The summed E-state index contributed by atoms with van der Waals surface area (Å²) in [5.41, 5.74) is 1.04. The quantitative estimate of drug-likeness (QED) is 0.822. The van der Waals surface area contributed by atoms with Crippen LogP contribution in [0.15, 0.2) is 28.7 Å². The molecule has 1 fully saturated rings. The van der Waals surface area contributed by atoms with Crippen LogP contribution < -0.4 is 5.32 Å². The number of amides is 1. The predicted octanol–water partition coefficient (Wildman–Crippen LogP) is 3.42. The maximum atomic E-state index is 11.9. The lowest BCUT2D eigenvalue weighted by Gasteiger charge is -2.16. The largest absolute Gasteiger partial charge is 0.352 e. The van der Waals surface area contributed by atoms with E-state index in [4.69, 9.17) is 0 Å². The Morgan fingerprint density at radius 3 is 2.88 bits per heavy atom. The Labute approximate surface area is 118 Å². The summed E-state index contributed by atoms with van der Waals surface area (Å²) in [6.07, 6.45) is 3.88. The van der Waals surface area contributed by atoms with E-state index < -0.39 is 0 Å². The van der Waals surface area contributed by atoms with Gasteiger partial charge in [0, 0.05) is 15.3 Å². The van der Waals surface area contributed by atoms with Gasteiger partial charge in [-0.1, -0.05) is 50.4 Å². The molecule has 1 aromatic carbocycles. The van der Waals surface area contributed by atoms with Gasteiger partial charge in [0.05, 0.1) is 6.42 Å². The fourth-order valence-electron chi connectivity index (χ4n) is 2.17. The third kappa shape index (κ3) is 3.81. The molecule has 0 heterocycles. The van der Waals surface area contributed by atoms with Crippen molar-refractivity contribution in [2.24, 2.45) is 0 Å². The van der Waals surface area contributed by atoms with Crippen LogP contribution in [-0.2, 0) is 11.2 Å². The van der Waals surface area contributed by atoms with Crippen LogP contribution in [0.3, 0.4) is 0 Å². The van der Waals surface area contributed by atoms with Gasteiger partial charge >= 0.3 is 0 Å². The van der Waals surface area contributed by atoms with Crippen molar-refractivity contribution in [3.63, 3.8) is 0 Å². The summed E-state index contributed by atoms with van der Waals surface area (Å²) >= 11 is 7.02. The summed E-state index contributed by atoms with van der Waals surface area (Å²) in [4.78, 5) is 12.3. The van der Waals surface area contributed by atoms with Crippen LogP contribution in [0.25, 0.3) is 0 Å². The van der Waals surface area contributed by atoms with E-state index in [0.717, 1.165) is 22.9 Å². The summed E-state index contributed by atoms with van der Waals surface area (Å²) in [7, 11) is 0. The maximum Gasteiger partial charge on any atom is 0.224 e. The van der Waals surface area contributed by atoms with E-state index in [0.29, 0.717) is 17.3 Å². The first-order valence-electron chi connectivity index (χ1n) is 5.83. The van der Waals surface area contributed by atoms with Crippen molar-refractivity contribution >= 4 is 37.8 Å². The van der Waals surface area contributed by atoms with E-state index in [1.54, 1.807) is 0 Å². The number of benzene rings is 1. The van der Waals surface area contributed by atoms with Crippen molar-refractivity contribution in [3.8, 4) is 0 Å². The fraction of sp³-hybridized carbons (Fsp3) is 0.462. The molecule has 1 aliphatic rings. The minimum Gasteiger partial charge on any atom is -0.352 e. The molecule has 1 aromatic rings. The molecule has 0 aliphatic heterocycles. The number of alkyl halides is 1. The SMILES string of the molecule is O=C(Cc1cccc(Br)c1)NC1CCCC1Br. The number of carbonyl (C=O) groups excluding carboxylic acids is 1. The number of hydrogen-bond donors (Lipinski definition) is 1. The average molecular weight is 361 g/mol. The fourth-order valence-corrected chi connectivity index (χ4v) is 3.33. The molecule has 2 atom stereocenters. The summed E-state index contributed by atoms with van der Waals surface area (Å²) in [5.74, 6) is 0.111. The molecule has 0 spiro atoms. The number of carbonyl (C=O) groups is 1. The molecule has 1 saturated carbocycles. The minimum absolute atomic E-state index is 0.111. The molecule has 1 aliphatic carbocycles. The second-order valence-electron chi connectivity index (χ2n) is 4.43. The van der Waals surface area contributed by atoms with Gasteiger partial charge in [0.2, 0.25) is 5.91 Å². The van der Waals surface area contributed by atoms with Gasteiger partial charge in [0.25, 0.3) is 0 Å². The monoisotopic (exact) mass is 359 g/mol. The maximum absolute atomic E-state index is 11.9. The first kappa shape index (κ1) is 13.1. The van der Waals surface area contributed by atoms with Crippen LogP contribution in [0.1, 0.15) is 24.8 Å². The molecule has 1 amide bonds. The van der Waals surface area contributed by atoms with Gasteiger partial charge in [-0.05, 0) is 30.5 Å². The van der Waals surface area contributed by atoms with Crippen molar-refractivity contribution in [2.75, 3.05) is 0 Å². The number of halogens is 2. The van der Waals surface area contributed by atoms with Crippen LogP contribution in [0.5, 0.6) is 0 Å². The third-order valence-electron chi connectivity index (χ3n) is 3.03. The van der Waals surface area contributed by atoms with E-state index in [2.05, 4.69) is 37.2 Å². The lowest BCUT2D eigenvalue weighted by molar-refractivity contribution is -0.121. The standard InChI is InChI=1S/C13H15Br2NO/c14-10-4-1-3-9(7-10)8-13(17)16-12-6-2-5-11(12)15/h1,3-4,7,11-12H,2,5-6,8H2,(H,16,17). The van der Waals surface area contributed by atoms with Crippen molar-refractivity contribution in [1.29, 1.82) is 0 Å². The van der Waals surface area contributed by atoms with Gasteiger partial charge in [-0.25, -0.2) is 0 Å². The molecule has 0 radical (unpaired) electrons. The smallest absolute Gasteiger partial charge is 0.224 e. The Morgan fingerprint density at radius 2 is 2.24 bits per heavy atom. The molecule has 2 rings (SSSR count). The summed E-state index contributed by atoms with van der Waals surface area (Å²) < 4.78 is 1.02. The topological polar surface area (TPSA) is 29.1 Å². The van der Waals surface area contributed by atoms with Gasteiger partial charge in [0.15, 0.2) is 0 Å². The molecule has 92 valence electrons. The molecular weight excluding hydrogens is 346 g/mol. The molecule has 2 unspecified atom stereocenters. The Morgan fingerprint density at radius 1 is 1.41 bits per heavy atom. The van der Waals surface area contributed by atoms with Crippen molar-refractivity contribution in [3.05, 3.63) is 34.3 Å². The molecule has 4 heteroatoms. The molecule has 2 nitrogen and oxygen atoms in total. The molecule has 0 aromatic heterocycles. The Kier molecular flexibility index (Phi) is 4.62. The second kappa shape index (κ2) is 6.01. The van der Waals surface area contributed by atoms with Crippen LogP contribution in [0, 0.1) is 0 Å². The third-order valence-corrected chi connectivity index (χ3v) is 4.62. The first-order chi connectivity index (χ1) is 8.15. The van der Waals surface area contributed by atoms with Crippen LogP contribution >= 0.6 is 31.9 Å². The lowest BCUT2D eigenvalue weighted by atomic mass is 10.1. The van der Waals surface area contributed by atoms with Crippen molar-refractivity contribution < 1.29 is 4.79 Å². The van der Waals surface area contributed by atoms with E-state index in [1.165, 1.54) is 6.42 Å². The van der Waals surface area contributed by atoms with Crippen molar-refractivity contribution in [1.82, 2.24) is 5.32 Å². The Bertz CT molecular complexity index is 408. The molecule has 1 N–H and O–H groups in total. The second-order valence-corrected chi connectivity index (χ2v) is 6.52. The van der Waals surface area contributed by atoms with Crippen LogP contribution in [-0.4, -0.2) is 16.8 Å².